The summed E-state index contributed by atoms with van der Waals surface area (Å²) < 4.78 is 45.3. The molecule has 4 aromatic rings. The minimum Gasteiger partial charge on any atom is -0.438 e. The largest absolute Gasteiger partial charge is 0.438 e. The molecule has 0 radical (unpaired) electrons. The maximum atomic E-state index is 12.7. The zero-order valence-electron chi connectivity index (χ0n) is 18.7. The highest BCUT2D eigenvalue weighted by Gasteiger charge is 2.30. The topological polar surface area (TPSA) is 86.1 Å². The van der Waals surface area contributed by atoms with Crippen molar-refractivity contribution in [3.8, 4) is 11.6 Å². The van der Waals surface area contributed by atoms with Crippen LogP contribution in [0.25, 0.3) is 11.0 Å². The van der Waals surface area contributed by atoms with Gasteiger partial charge in [-0.3, -0.25) is 14.2 Å². The Bertz CT molecular complexity index is 1350. The van der Waals surface area contributed by atoms with Crippen molar-refractivity contribution in [1.82, 2.24) is 14.5 Å². The van der Waals surface area contributed by atoms with Crippen LogP contribution >= 0.6 is 0 Å². The molecule has 4 rings (SSSR count). The molecule has 35 heavy (non-hydrogen) atoms. The summed E-state index contributed by atoms with van der Waals surface area (Å²) in [6.07, 6.45) is -0.402. The van der Waals surface area contributed by atoms with Gasteiger partial charge < -0.3 is 10.1 Å². The number of amides is 1. The van der Waals surface area contributed by atoms with Gasteiger partial charge in [0.05, 0.1) is 17.4 Å². The summed E-state index contributed by atoms with van der Waals surface area (Å²) in [6.45, 7) is 1.92. The summed E-state index contributed by atoms with van der Waals surface area (Å²) in [5.74, 6) is 0.313. The van der Waals surface area contributed by atoms with Crippen LogP contribution in [0.15, 0.2) is 67.1 Å². The number of benzene rings is 2. The third-order valence-electron chi connectivity index (χ3n) is 5.18. The van der Waals surface area contributed by atoms with Gasteiger partial charge in [-0.05, 0) is 54.4 Å². The van der Waals surface area contributed by atoms with E-state index in [1.807, 2.05) is 6.92 Å². The number of fused-ring (bicyclic) bond motifs is 1. The van der Waals surface area contributed by atoms with Gasteiger partial charge in [-0.25, -0.2) is 9.97 Å². The molecule has 10 heteroatoms. The van der Waals surface area contributed by atoms with Crippen molar-refractivity contribution in [2.45, 2.75) is 32.4 Å². The summed E-state index contributed by atoms with van der Waals surface area (Å²) >= 11 is 0. The Kier molecular flexibility index (Phi) is 6.81. The molecule has 0 saturated heterocycles. The number of carbonyl (C=O) groups excluding carboxylic acids is 2. The lowest BCUT2D eigenvalue weighted by Crippen LogP contribution is -2.14. The monoisotopic (exact) mass is 482 g/mol. The lowest BCUT2D eigenvalue weighted by Gasteiger charge is -2.09. The fourth-order valence-corrected chi connectivity index (χ4v) is 3.47. The van der Waals surface area contributed by atoms with E-state index < -0.39 is 11.7 Å². The van der Waals surface area contributed by atoms with Gasteiger partial charge in [-0.2, -0.15) is 13.2 Å². The Labute approximate surface area is 198 Å². The molecule has 0 aliphatic carbocycles. The summed E-state index contributed by atoms with van der Waals surface area (Å²) in [6, 6.07) is 12.7. The summed E-state index contributed by atoms with van der Waals surface area (Å²) in [4.78, 5) is 32.9. The van der Waals surface area contributed by atoms with Crippen LogP contribution in [0, 0.1) is 0 Å². The van der Waals surface area contributed by atoms with E-state index in [0.29, 0.717) is 34.5 Å². The van der Waals surface area contributed by atoms with Gasteiger partial charge in [0.2, 0.25) is 17.7 Å². The van der Waals surface area contributed by atoms with Crippen molar-refractivity contribution in [2.24, 2.45) is 0 Å². The number of halogens is 3. The van der Waals surface area contributed by atoms with Gasteiger partial charge in [0.1, 0.15) is 12.1 Å². The molecule has 0 saturated carbocycles. The number of anilines is 1. The highest BCUT2D eigenvalue weighted by molar-refractivity contribution is 5.93. The van der Waals surface area contributed by atoms with Crippen molar-refractivity contribution in [3.63, 3.8) is 0 Å². The molecule has 7 nitrogen and oxygen atoms in total. The Morgan fingerprint density at radius 1 is 1.00 bits per heavy atom. The second kappa shape index (κ2) is 9.96. The number of ether oxygens (including phenoxy) is 1. The number of nitrogens with one attached hydrogen (secondary N) is 1. The minimum absolute atomic E-state index is 0.0662. The molecular weight excluding hydrogens is 461 g/mol. The van der Waals surface area contributed by atoms with Crippen molar-refractivity contribution < 1.29 is 27.5 Å². The van der Waals surface area contributed by atoms with E-state index in [2.05, 4.69) is 15.3 Å². The first-order valence-electron chi connectivity index (χ1n) is 10.8. The molecule has 180 valence electrons. The molecule has 0 fully saturated rings. The highest BCUT2D eigenvalue weighted by Crippen LogP contribution is 2.30. The molecule has 0 spiro atoms. The normalized spacial score (nSPS) is 11.4. The Balaban J connectivity index is 1.40. The minimum atomic E-state index is -4.42. The molecule has 1 amide bonds. The van der Waals surface area contributed by atoms with Gasteiger partial charge in [0.15, 0.2) is 5.65 Å². The van der Waals surface area contributed by atoms with Gasteiger partial charge in [-0.1, -0.05) is 19.1 Å². The predicted molar refractivity (Wildman–Crippen MR) is 123 cm³/mol. The third-order valence-corrected chi connectivity index (χ3v) is 5.18. The quantitative estimate of drug-likeness (QED) is 0.356. The zero-order valence-corrected chi connectivity index (χ0v) is 18.7. The molecule has 2 aromatic heterocycles. The smallest absolute Gasteiger partial charge is 0.416 e. The second-order valence-electron chi connectivity index (χ2n) is 7.79. The molecule has 1 N–H and O–H groups in total. The number of aromatic nitrogens is 3. The van der Waals surface area contributed by atoms with E-state index in [1.165, 1.54) is 23.0 Å². The number of alkyl halides is 3. The number of carbonyl (C=O) groups is 2. The molecule has 0 bridgehead atoms. The van der Waals surface area contributed by atoms with E-state index in [-0.39, 0.29) is 24.1 Å². The lowest BCUT2D eigenvalue weighted by molar-refractivity contribution is -0.137. The molecule has 0 unspecified atom stereocenters. The summed E-state index contributed by atoms with van der Waals surface area (Å²) in [5.41, 5.74) is 0.661. The van der Waals surface area contributed by atoms with Gasteiger partial charge in [0, 0.05) is 18.3 Å². The first-order chi connectivity index (χ1) is 16.7. The SMILES string of the molecule is CCCC(=O)n1ccc2c(Oc3ccc(NC(=O)Cc4ccc(C(F)(F)F)cc4)cc3)ncnc21. The van der Waals surface area contributed by atoms with Crippen LogP contribution < -0.4 is 10.1 Å². The number of rotatable bonds is 7. The average Bonchev–Trinajstić information content (AvgIpc) is 3.26. The number of hydrogen-bond donors (Lipinski definition) is 1. The van der Waals surface area contributed by atoms with Gasteiger partial charge >= 0.3 is 6.18 Å². The Morgan fingerprint density at radius 2 is 1.71 bits per heavy atom. The predicted octanol–water partition coefficient (Wildman–Crippen LogP) is 5.86. The van der Waals surface area contributed by atoms with Crippen LogP contribution in [-0.4, -0.2) is 26.3 Å². The maximum Gasteiger partial charge on any atom is 0.416 e. The van der Waals surface area contributed by atoms with E-state index in [0.717, 1.165) is 18.6 Å². The third kappa shape index (κ3) is 5.65. The summed E-state index contributed by atoms with van der Waals surface area (Å²) in [7, 11) is 0. The summed E-state index contributed by atoms with van der Waals surface area (Å²) in [5, 5.41) is 3.29. The Morgan fingerprint density at radius 3 is 2.37 bits per heavy atom. The van der Waals surface area contributed by atoms with E-state index in [9.17, 15) is 22.8 Å². The first kappa shape index (κ1) is 23.9. The van der Waals surface area contributed by atoms with Crippen molar-refractivity contribution in [3.05, 3.63) is 78.2 Å². The van der Waals surface area contributed by atoms with Crippen LogP contribution in [0.3, 0.4) is 0 Å². The molecule has 0 aliphatic rings. The van der Waals surface area contributed by atoms with E-state index >= 15 is 0 Å². The highest BCUT2D eigenvalue weighted by atomic mass is 19.4. The van der Waals surface area contributed by atoms with E-state index in [4.69, 9.17) is 4.74 Å². The fraction of sp³-hybridized carbons (Fsp3) is 0.200. The van der Waals surface area contributed by atoms with Crippen LogP contribution in [-0.2, 0) is 17.4 Å². The van der Waals surface area contributed by atoms with Crippen molar-refractivity contribution in [2.75, 3.05) is 5.32 Å². The fourth-order valence-electron chi connectivity index (χ4n) is 3.47. The number of nitrogens with zero attached hydrogens (tertiary/aromatic N) is 3. The molecular formula is C25H21F3N4O3. The van der Waals surface area contributed by atoms with E-state index in [1.54, 1.807) is 36.5 Å². The molecule has 2 heterocycles. The van der Waals surface area contributed by atoms with Crippen molar-refractivity contribution >= 4 is 28.5 Å². The maximum absolute atomic E-state index is 12.7. The van der Waals surface area contributed by atoms with Crippen LogP contribution in [0.1, 0.15) is 35.7 Å². The van der Waals surface area contributed by atoms with Crippen LogP contribution in [0.5, 0.6) is 11.6 Å². The van der Waals surface area contributed by atoms with Crippen LogP contribution in [0.2, 0.25) is 0 Å². The second-order valence-corrected chi connectivity index (χ2v) is 7.79. The number of hydrogen-bond acceptors (Lipinski definition) is 5. The van der Waals surface area contributed by atoms with Crippen molar-refractivity contribution in [1.29, 1.82) is 0 Å². The van der Waals surface area contributed by atoms with Crippen LogP contribution in [0.4, 0.5) is 18.9 Å². The molecule has 0 atom stereocenters. The van der Waals surface area contributed by atoms with Gasteiger partial charge in [-0.15, -0.1) is 0 Å². The standard InChI is InChI=1S/C25H21F3N4O3/c1-2-3-22(34)32-13-12-20-23(32)29-15-30-24(20)35-19-10-8-18(9-11-19)31-21(33)14-16-4-6-17(7-5-16)25(26,27)28/h4-13,15H,2-3,14H2,1H3,(H,31,33). The zero-order chi connectivity index (χ0) is 25.0. The molecule has 0 aliphatic heterocycles. The first-order valence-corrected chi connectivity index (χ1v) is 10.8. The lowest BCUT2D eigenvalue weighted by atomic mass is 10.1. The molecule has 2 aromatic carbocycles. The van der Waals surface area contributed by atoms with Gasteiger partial charge in [0.25, 0.3) is 0 Å². The Hall–Kier alpha value is -4.21. The average molecular weight is 482 g/mol.